The fourth-order valence-electron chi connectivity index (χ4n) is 4.08. The minimum Gasteiger partial charge on any atom is -0.394 e. The molecule has 0 aliphatic carbocycles. The maximum absolute atomic E-state index is 12.6. The molecule has 2 aliphatic heterocycles. The number of aliphatic hydroxyl groups excluding tert-OH is 1. The van der Waals surface area contributed by atoms with Crippen LogP contribution < -0.4 is 5.32 Å². The van der Waals surface area contributed by atoms with E-state index < -0.39 is 0 Å². The SMILES string of the molecule is CCCC#Cc1ccc([C@H]2[C@H]3CN(C(=O)NCCC)CC(=O)N3[C@H]2CO)cc1. The van der Waals surface area contributed by atoms with Crippen LogP contribution in [0.1, 0.15) is 50.2 Å². The molecule has 0 unspecified atom stereocenters. The van der Waals surface area contributed by atoms with Crippen LogP contribution in [0.2, 0.25) is 0 Å². The van der Waals surface area contributed by atoms with E-state index in [1.165, 1.54) is 0 Å². The largest absolute Gasteiger partial charge is 0.394 e. The molecule has 150 valence electrons. The first-order chi connectivity index (χ1) is 13.6. The number of hydrogen-bond donors (Lipinski definition) is 2. The third kappa shape index (κ3) is 4.00. The molecule has 28 heavy (non-hydrogen) atoms. The Bertz CT molecular complexity index is 765. The Kier molecular flexibility index (Phi) is 6.58. The first kappa shape index (κ1) is 20.2. The van der Waals surface area contributed by atoms with E-state index in [1.807, 2.05) is 31.2 Å². The third-order valence-corrected chi connectivity index (χ3v) is 5.47. The summed E-state index contributed by atoms with van der Waals surface area (Å²) >= 11 is 0. The summed E-state index contributed by atoms with van der Waals surface area (Å²) in [7, 11) is 0. The zero-order valence-corrected chi connectivity index (χ0v) is 16.6. The van der Waals surface area contributed by atoms with Gasteiger partial charge in [0.15, 0.2) is 0 Å². The molecule has 3 atom stereocenters. The Labute approximate surface area is 166 Å². The smallest absolute Gasteiger partial charge is 0.317 e. The zero-order chi connectivity index (χ0) is 20.1. The predicted molar refractivity (Wildman–Crippen MR) is 108 cm³/mol. The molecule has 0 spiro atoms. The van der Waals surface area contributed by atoms with E-state index in [0.29, 0.717) is 13.1 Å². The highest BCUT2D eigenvalue weighted by molar-refractivity contribution is 5.87. The molecule has 0 aromatic heterocycles. The summed E-state index contributed by atoms with van der Waals surface area (Å²) in [5.41, 5.74) is 2.04. The second kappa shape index (κ2) is 9.11. The van der Waals surface area contributed by atoms with E-state index in [9.17, 15) is 14.7 Å². The molecule has 2 heterocycles. The lowest BCUT2D eigenvalue weighted by Crippen LogP contribution is -2.73. The summed E-state index contributed by atoms with van der Waals surface area (Å²) in [6.07, 6.45) is 2.77. The minimum absolute atomic E-state index is 0.0216. The van der Waals surface area contributed by atoms with Gasteiger partial charge in [-0.15, -0.1) is 0 Å². The van der Waals surface area contributed by atoms with E-state index in [0.717, 1.165) is 30.4 Å². The van der Waals surface area contributed by atoms with Crippen LogP contribution in [-0.4, -0.2) is 65.2 Å². The Morgan fingerprint density at radius 1 is 1.25 bits per heavy atom. The van der Waals surface area contributed by atoms with Gasteiger partial charge in [-0.25, -0.2) is 4.79 Å². The van der Waals surface area contributed by atoms with E-state index in [1.54, 1.807) is 9.80 Å². The van der Waals surface area contributed by atoms with Crippen LogP contribution in [0.15, 0.2) is 24.3 Å². The molecule has 1 aromatic carbocycles. The van der Waals surface area contributed by atoms with Gasteiger partial charge in [-0.05, 0) is 30.5 Å². The Hall–Kier alpha value is -2.52. The number of fused-ring (bicyclic) bond motifs is 1. The third-order valence-electron chi connectivity index (χ3n) is 5.47. The zero-order valence-electron chi connectivity index (χ0n) is 16.6. The van der Waals surface area contributed by atoms with Crippen molar-refractivity contribution in [2.45, 2.75) is 51.1 Å². The number of rotatable bonds is 5. The molecule has 2 N–H and O–H groups in total. The summed E-state index contributed by atoms with van der Waals surface area (Å²) < 4.78 is 0. The molecule has 3 rings (SSSR count). The van der Waals surface area contributed by atoms with Gasteiger partial charge >= 0.3 is 6.03 Å². The van der Waals surface area contributed by atoms with Gasteiger partial charge in [-0.2, -0.15) is 0 Å². The summed E-state index contributed by atoms with van der Waals surface area (Å²) in [5, 5.41) is 12.7. The van der Waals surface area contributed by atoms with Crippen LogP contribution in [0.5, 0.6) is 0 Å². The standard InChI is InChI=1S/C22H29N3O3/c1-3-5-6-7-16-8-10-17(11-9-16)21-18-13-24(22(28)23-12-4-2)14-20(27)25(18)19(21)15-26/h8-11,18-19,21,26H,3-5,12-15H2,1-2H3,(H,23,28)/t18-,19+,21+/m1/s1. The number of unbranched alkanes of at least 4 members (excludes halogenated alkanes) is 1. The minimum atomic E-state index is -0.227. The van der Waals surface area contributed by atoms with Crippen molar-refractivity contribution in [3.63, 3.8) is 0 Å². The van der Waals surface area contributed by atoms with E-state index in [4.69, 9.17) is 0 Å². The molecule has 6 heteroatoms. The lowest BCUT2D eigenvalue weighted by atomic mass is 9.73. The second-order valence-electron chi connectivity index (χ2n) is 7.43. The summed E-state index contributed by atoms with van der Waals surface area (Å²) in [5.74, 6) is 6.22. The van der Waals surface area contributed by atoms with Crippen molar-refractivity contribution in [1.29, 1.82) is 0 Å². The maximum Gasteiger partial charge on any atom is 0.317 e. The number of hydrogen-bond acceptors (Lipinski definition) is 3. The number of aliphatic hydroxyl groups is 1. The predicted octanol–water partition coefficient (Wildman–Crippen LogP) is 1.93. The number of nitrogens with zero attached hydrogens (tertiary/aromatic N) is 2. The first-order valence-corrected chi connectivity index (χ1v) is 10.1. The highest BCUT2D eigenvalue weighted by Gasteiger charge is 2.54. The topological polar surface area (TPSA) is 72.9 Å². The van der Waals surface area contributed by atoms with Gasteiger partial charge in [0.1, 0.15) is 6.54 Å². The molecule has 3 amide bonds. The summed E-state index contributed by atoms with van der Waals surface area (Å²) in [6.45, 7) is 5.18. The Morgan fingerprint density at radius 3 is 2.64 bits per heavy atom. The second-order valence-corrected chi connectivity index (χ2v) is 7.43. The molecule has 0 radical (unpaired) electrons. The lowest BCUT2D eigenvalue weighted by molar-refractivity contribution is -0.159. The Balaban J connectivity index is 1.75. The number of urea groups is 1. The molecular formula is C22H29N3O3. The van der Waals surface area contributed by atoms with Crippen molar-refractivity contribution in [3.8, 4) is 11.8 Å². The fourth-order valence-corrected chi connectivity index (χ4v) is 4.08. The molecule has 0 saturated carbocycles. The fraction of sp³-hybridized carbons (Fsp3) is 0.545. The van der Waals surface area contributed by atoms with Crippen molar-refractivity contribution < 1.29 is 14.7 Å². The van der Waals surface area contributed by atoms with Gasteiger partial charge in [0, 0.05) is 31.0 Å². The molecule has 6 nitrogen and oxygen atoms in total. The van der Waals surface area contributed by atoms with Crippen molar-refractivity contribution >= 4 is 11.9 Å². The van der Waals surface area contributed by atoms with Crippen LogP contribution in [-0.2, 0) is 4.79 Å². The maximum atomic E-state index is 12.6. The van der Waals surface area contributed by atoms with Crippen LogP contribution in [0, 0.1) is 11.8 Å². The average Bonchev–Trinajstić information content (AvgIpc) is 2.69. The van der Waals surface area contributed by atoms with E-state index >= 15 is 0 Å². The van der Waals surface area contributed by atoms with Gasteiger partial charge < -0.3 is 20.2 Å². The summed E-state index contributed by atoms with van der Waals surface area (Å²) in [4.78, 5) is 28.2. The number of piperazine rings is 1. The van der Waals surface area contributed by atoms with Crippen molar-refractivity contribution in [1.82, 2.24) is 15.1 Å². The van der Waals surface area contributed by atoms with Gasteiger partial charge in [0.2, 0.25) is 5.91 Å². The van der Waals surface area contributed by atoms with Crippen molar-refractivity contribution in [2.75, 3.05) is 26.2 Å². The monoisotopic (exact) mass is 383 g/mol. The molecule has 2 aliphatic rings. The lowest BCUT2D eigenvalue weighted by Gasteiger charge is -2.58. The van der Waals surface area contributed by atoms with Crippen LogP contribution in [0.25, 0.3) is 0 Å². The van der Waals surface area contributed by atoms with Gasteiger partial charge in [-0.1, -0.05) is 37.8 Å². The first-order valence-electron chi connectivity index (χ1n) is 10.1. The highest BCUT2D eigenvalue weighted by atomic mass is 16.3. The Morgan fingerprint density at radius 2 is 2.00 bits per heavy atom. The van der Waals surface area contributed by atoms with E-state index in [2.05, 4.69) is 24.1 Å². The molecule has 1 aromatic rings. The molecular weight excluding hydrogens is 354 g/mol. The normalized spacial score (nSPS) is 23.4. The summed E-state index contributed by atoms with van der Waals surface area (Å²) in [6, 6.07) is 7.53. The van der Waals surface area contributed by atoms with Gasteiger partial charge in [0.05, 0.1) is 18.7 Å². The van der Waals surface area contributed by atoms with Crippen molar-refractivity contribution in [2.24, 2.45) is 0 Å². The molecule has 2 fully saturated rings. The number of amides is 3. The number of benzene rings is 1. The quantitative estimate of drug-likeness (QED) is 0.763. The number of carbonyl (C=O) groups excluding carboxylic acids is 2. The average molecular weight is 383 g/mol. The van der Waals surface area contributed by atoms with Crippen molar-refractivity contribution in [3.05, 3.63) is 35.4 Å². The van der Waals surface area contributed by atoms with E-state index in [-0.39, 0.29) is 43.1 Å². The highest BCUT2D eigenvalue weighted by Crippen LogP contribution is 2.42. The van der Waals surface area contributed by atoms with Crippen LogP contribution in [0.3, 0.4) is 0 Å². The van der Waals surface area contributed by atoms with Gasteiger partial charge in [0.25, 0.3) is 0 Å². The van der Waals surface area contributed by atoms with Gasteiger partial charge in [-0.3, -0.25) is 4.79 Å². The van der Waals surface area contributed by atoms with Crippen LogP contribution in [0.4, 0.5) is 4.79 Å². The molecule has 0 bridgehead atoms. The number of carbonyl (C=O) groups is 2. The number of nitrogens with one attached hydrogen (secondary N) is 1. The van der Waals surface area contributed by atoms with Crippen LogP contribution >= 0.6 is 0 Å². The molecule has 2 saturated heterocycles.